The van der Waals surface area contributed by atoms with Crippen molar-refractivity contribution in [1.82, 2.24) is 9.47 Å². The summed E-state index contributed by atoms with van der Waals surface area (Å²) in [5.74, 6) is -2.85. The molecule has 1 aromatic heterocycles. The summed E-state index contributed by atoms with van der Waals surface area (Å²) in [6, 6.07) is 2.60. The van der Waals surface area contributed by atoms with Crippen molar-refractivity contribution in [1.29, 1.82) is 0 Å². The molecule has 1 saturated carbocycles. The second-order valence-electron chi connectivity index (χ2n) is 5.98. The minimum Gasteiger partial charge on any atom is -0.481 e. The SMILES string of the molecule is Cn1cc(C(=O)N2C[C@@]3(C(=O)O)C[C@@]3(C(=O)O)C2)ccc1=O. The first-order valence-electron chi connectivity index (χ1n) is 6.66. The lowest BCUT2D eigenvalue weighted by Crippen LogP contribution is -2.35. The summed E-state index contributed by atoms with van der Waals surface area (Å²) < 4.78 is 1.24. The maximum Gasteiger partial charge on any atom is 0.312 e. The maximum absolute atomic E-state index is 12.4. The highest BCUT2D eigenvalue weighted by molar-refractivity contribution is 5.99. The van der Waals surface area contributed by atoms with Gasteiger partial charge >= 0.3 is 11.9 Å². The number of pyridine rings is 1. The molecule has 1 saturated heterocycles. The third-order valence-electron chi connectivity index (χ3n) is 4.75. The monoisotopic (exact) mass is 306 g/mol. The van der Waals surface area contributed by atoms with E-state index in [4.69, 9.17) is 0 Å². The first-order valence-corrected chi connectivity index (χ1v) is 6.66. The molecule has 0 spiro atoms. The van der Waals surface area contributed by atoms with Crippen molar-refractivity contribution in [3.8, 4) is 0 Å². The fraction of sp³-hybridized carbons (Fsp3) is 0.429. The van der Waals surface area contributed by atoms with E-state index in [0.29, 0.717) is 0 Å². The Kier molecular flexibility index (Phi) is 2.72. The van der Waals surface area contributed by atoms with E-state index in [1.54, 1.807) is 0 Å². The minimum absolute atomic E-state index is 0.0434. The molecule has 2 fully saturated rings. The molecule has 0 unspecified atom stereocenters. The average Bonchev–Trinajstić information content (AvgIpc) is 3.00. The van der Waals surface area contributed by atoms with Gasteiger partial charge in [0, 0.05) is 32.4 Å². The van der Waals surface area contributed by atoms with Gasteiger partial charge in [0.2, 0.25) is 5.56 Å². The molecular formula is C14H14N2O6. The molecule has 3 rings (SSSR count). The normalized spacial score (nSPS) is 29.0. The Labute approximate surface area is 124 Å². The van der Waals surface area contributed by atoms with Crippen LogP contribution in [-0.4, -0.2) is 50.6 Å². The van der Waals surface area contributed by atoms with Crippen LogP contribution in [0.1, 0.15) is 16.8 Å². The van der Waals surface area contributed by atoms with Crippen LogP contribution in [0, 0.1) is 10.8 Å². The molecule has 1 amide bonds. The van der Waals surface area contributed by atoms with Crippen LogP contribution in [0.5, 0.6) is 0 Å². The van der Waals surface area contributed by atoms with Crippen LogP contribution in [0.4, 0.5) is 0 Å². The van der Waals surface area contributed by atoms with E-state index in [0.717, 1.165) is 0 Å². The lowest BCUT2D eigenvalue weighted by molar-refractivity contribution is -0.151. The summed E-state index contributed by atoms with van der Waals surface area (Å²) in [5, 5.41) is 18.7. The second-order valence-corrected chi connectivity index (χ2v) is 5.98. The van der Waals surface area contributed by atoms with Gasteiger partial charge in [0.1, 0.15) is 10.8 Å². The lowest BCUT2D eigenvalue weighted by atomic mass is 9.97. The zero-order valence-electron chi connectivity index (χ0n) is 11.8. The Morgan fingerprint density at radius 3 is 2.09 bits per heavy atom. The first-order chi connectivity index (χ1) is 10.2. The number of amides is 1. The van der Waals surface area contributed by atoms with Gasteiger partial charge in [-0.2, -0.15) is 0 Å². The van der Waals surface area contributed by atoms with Crippen molar-refractivity contribution in [2.24, 2.45) is 17.9 Å². The third-order valence-corrected chi connectivity index (χ3v) is 4.75. The standard InChI is InChI=1S/C14H14N2O6/c1-15-4-8(2-3-9(15)17)10(18)16-6-13(11(19)20)5-14(13,7-16)12(21)22/h2-4H,5-7H2,1H3,(H,19,20)(H,21,22)/t13-,14+. The number of hydrogen-bond donors (Lipinski definition) is 2. The molecule has 2 heterocycles. The van der Waals surface area contributed by atoms with Gasteiger partial charge < -0.3 is 19.7 Å². The molecule has 2 atom stereocenters. The molecule has 116 valence electrons. The van der Waals surface area contributed by atoms with E-state index >= 15 is 0 Å². The molecule has 0 radical (unpaired) electrons. The molecule has 2 N–H and O–H groups in total. The largest absolute Gasteiger partial charge is 0.481 e. The number of piperidine rings is 1. The van der Waals surface area contributed by atoms with Gasteiger partial charge in [0.15, 0.2) is 0 Å². The number of carbonyl (C=O) groups excluding carboxylic acids is 1. The molecule has 1 aliphatic carbocycles. The van der Waals surface area contributed by atoms with Gasteiger partial charge in [-0.25, -0.2) is 0 Å². The molecule has 0 aromatic carbocycles. The number of nitrogens with zero attached hydrogens (tertiary/aromatic N) is 2. The Morgan fingerprint density at radius 2 is 1.64 bits per heavy atom. The van der Waals surface area contributed by atoms with E-state index in [1.807, 2.05) is 0 Å². The van der Waals surface area contributed by atoms with Crippen LogP contribution in [0.25, 0.3) is 0 Å². The molecule has 8 nitrogen and oxygen atoms in total. The van der Waals surface area contributed by atoms with Gasteiger partial charge in [-0.15, -0.1) is 0 Å². The van der Waals surface area contributed by atoms with E-state index < -0.39 is 28.7 Å². The summed E-state index contributed by atoms with van der Waals surface area (Å²) in [7, 11) is 1.50. The van der Waals surface area contributed by atoms with E-state index in [2.05, 4.69) is 0 Å². The highest BCUT2D eigenvalue weighted by atomic mass is 16.4. The highest BCUT2D eigenvalue weighted by Gasteiger charge is 2.81. The average molecular weight is 306 g/mol. The van der Waals surface area contributed by atoms with Crippen molar-refractivity contribution in [3.63, 3.8) is 0 Å². The van der Waals surface area contributed by atoms with Crippen LogP contribution < -0.4 is 5.56 Å². The fourth-order valence-corrected chi connectivity index (χ4v) is 3.34. The maximum atomic E-state index is 12.4. The Morgan fingerprint density at radius 1 is 1.09 bits per heavy atom. The van der Waals surface area contributed by atoms with Crippen molar-refractivity contribution >= 4 is 17.8 Å². The van der Waals surface area contributed by atoms with Crippen molar-refractivity contribution in [3.05, 3.63) is 34.2 Å². The fourth-order valence-electron chi connectivity index (χ4n) is 3.34. The highest BCUT2D eigenvalue weighted by Crippen LogP contribution is 2.68. The van der Waals surface area contributed by atoms with E-state index in [9.17, 15) is 29.4 Å². The van der Waals surface area contributed by atoms with Gasteiger partial charge in [0.25, 0.3) is 5.91 Å². The summed E-state index contributed by atoms with van der Waals surface area (Å²) in [5.41, 5.74) is -2.83. The number of fused-ring (bicyclic) bond motifs is 1. The Balaban J connectivity index is 1.90. The number of likely N-dealkylation sites (tertiary alicyclic amines) is 1. The van der Waals surface area contributed by atoms with Crippen LogP contribution in [0.3, 0.4) is 0 Å². The molecular weight excluding hydrogens is 292 g/mol. The predicted molar refractivity (Wildman–Crippen MR) is 72.3 cm³/mol. The number of carboxylic acids is 2. The Bertz CT molecular complexity index is 741. The van der Waals surface area contributed by atoms with Crippen LogP contribution in [-0.2, 0) is 16.6 Å². The smallest absolute Gasteiger partial charge is 0.312 e. The zero-order valence-corrected chi connectivity index (χ0v) is 11.8. The lowest BCUT2D eigenvalue weighted by Gasteiger charge is -2.20. The summed E-state index contributed by atoms with van der Waals surface area (Å²) in [4.78, 5) is 47.9. The summed E-state index contributed by atoms with van der Waals surface area (Å²) >= 11 is 0. The number of aliphatic carboxylic acids is 2. The number of carboxylic acid groups (broad SMARTS) is 2. The van der Waals surface area contributed by atoms with Gasteiger partial charge in [-0.1, -0.05) is 0 Å². The number of aromatic nitrogens is 1. The Hall–Kier alpha value is -2.64. The molecule has 2 aliphatic rings. The molecule has 8 heteroatoms. The number of rotatable bonds is 3. The van der Waals surface area contributed by atoms with E-state index in [-0.39, 0.29) is 30.6 Å². The summed E-state index contributed by atoms with van der Waals surface area (Å²) in [6.45, 7) is -0.257. The van der Waals surface area contributed by atoms with E-state index in [1.165, 1.54) is 34.8 Å². The number of aryl methyl sites for hydroxylation is 1. The molecule has 1 aromatic rings. The van der Waals surface area contributed by atoms with Crippen molar-refractivity contribution < 1.29 is 24.6 Å². The van der Waals surface area contributed by atoms with Crippen LogP contribution in [0.15, 0.2) is 23.1 Å². The third kappa shape index (κ3) is 1.63. The number of hydrogen-bond acceptors (Lipinski definition) is 4. The minimum atomic E-state index is -1.39. The zero-order chi connectivity index (χ0) is 16.3. The van der Waals surface area contributed by atoms with Crippen molar-refractivity contribution in [2.75, 3.05) is 13.1 Å². The molecule has 0 bridgehead atoms. The van der Waals surface area contributed by atoms with Gasteiger partial charge in [-0.05, 0) is 12.5 Å². The number of carbonyl (C=O) groups is 3. The first kappa shape index (κ1) is 14.3. The topological polar surface area (TPSA) is 117 Å². The van der Waals surface area contributed by atoms with Crippen molar-refractivity contribution in [2.45, 2.75) is 6.42 Å². The quantitative estimate of drug-likeness (QED) is 0.769. The van der Waals surface area contributed by atoms with Crippen LogP contribution in [0.2, 0.25) is 0 Å². The van der Waals surface area contributed by atoms with Gasteiger partial charge in [-0.3, -0.25) is 19.2 Å². The molecule has 22 heavy (non-hydrogen) atoms. The second kappa shape index (κ2) is 4.19. The summed E-state index contributed by atoms with van der Waals surface area (Å²) in [6.07, 6.45) is 1.40. The van der Waals surface area contributed by atoms with Crippen LogP contribution >= 0.6 is 0 Å². The predicted octanol–water partition coefficient (Wildman–Crippen LogP) is -0.613. The van der Waals surface area contributed by atoms with Gasteiger partial charge in [0.05, 0.1) is 5.56 Å². The molecule has 1 aliphatic heterocycles.